The average molecular weight is 373 g/mol. The minimum Gasteiger partial charge on any atom is -0.368 e. The van der Waals surface area contributed by atoms with Gasteiger partial charge in [0.2, 0.25) is 10.0 Å². The molecule has 0 saturated heterocycles. The molecular formula is C18H23N5O2S. The van der Waals surface area contributed by atoms with Crippen molar-refractivity contribution >= 4 is 32.6 Å². The number of unbranched alkanes of at least 4 members (excludes halogenated alkanes) is 1. The molecule has 0 aliphatic rings. The van der Waals surface area contributed by atoms with Gasteiger partial charge in [0, 0.05) is 23.6 Å². The van der Waals surface area contributed by atoms with Crippen molar-refractivity contribution in [3.05, 3.63) is 48.2 Å². The molecule has 0 aliphatic heterocycles. The minimum atomic E-state index is -3.35. The van der Waals surface area contributed by atoms with Crippen LogP contribution in [0.25, 0.3) is 10.9 Å². The lowest BCUT2D eigenvalue weighted by atomic mass is 10.1. The zero-order valence-corrected chi connectivity index (χ0v) is 15.5. The molecule has 0 saturated carbocycles. The monoisotopic (exact) mass is 373 g/mol. The van der Waals surface area contributed by atoms with Crippen LogP contribution in [-0.4, -0.2) is 35.9 Å². The van der Waals surface area contributed by atoms with Gasteiger partial charge in [-0.05, 0) is 36.6 Å². The SMILES string of the molecule is CCCCS(=O)(=O)Nc1ccc(NCCc2c[nH]c3ccccc23)nn1. The number of fused-ring (bicyclic) bond motifs is 1. The van der Waals surface area contributed by atoms with E-state index < -0.39 is 10.0 Å². The van der Waals surface area contributed by atoms with Gasteiger partial charge in [0.15, 0.2) is 5.82 Å². The highest BCUT2D eigenvalue weighted by Crippen LogP contribution is 2.18. The summed E-state index contributed by atoms with van der Waals surface area (Å²) in [5, 5.41) is 12.4. The minimum absolute atomic E-state index is 0.0931. The molecule has 138 valence electrons. The third-order valence-electron chi connectivity index (χ3n) is 4.07. The lowest BCUT2D eigenvalue weighted by molar-refractivity contribution is 0.597. The summed E-state index contributed by atoms with van der Waals surface area (Å²) in [6.07, 6.45) is 4.31. The molecule has 0 bridgehead atoms. The van der Waals surface area contributed by atoms with E-state index >= 15 is 0 Å². The molecule has 1 aromatic carbocycles. The highest BCUT2D eigenvalue weighted by Gasteiger charge is 2.10. The summed E-state index contributed by atoms with van der Waals surface area (Å²) in [7, 11) is -3.35. The standard InChI is InChI=1S/C18H23N5O2S/c1-2-3-12-26(24,25)23-18-9-8-17(21-22-18)19-11-10-14-13-20-16-7-5-4-6-15(14)16/h4-9,13,20H,2-3,10-12H2,1H3,(H,19,21)(H,22,23). The van der Waals surface area contributed by atoms with Gasteiger partial charge in [-0.2, -0.15) is 0 Å². The molecule has 0 aliphatic carbocycles. The summed E-state index contributed by atoms with van der Waals surface area (Å²) in [6, 6.07) is 11.5. The van der Waals surface area contributed by atoms with Crippen LogP contribution in [0.15, 0.2) is 42.6 Å². The first kappa shape index (κ1) is 18.2. The third-order valence-corrected chi connectivity index (χ3v) is 5.41. The van der Waals surface area contributed by atoms with E-state index in [1.54, 1.807) is 12.1 Å². The number of anilines is 2. The Hall–Kier alpha value is -2.61. The predicted molar refractivity (Wildman–Crippen MR) is 105 cm³/mol. The number of rotatable bonds is 9. The van der Waals surface area contributed by atoms with E-state index in [9.17, 15) is 8.42 Å². The topological polar surface area (TPSA) is 99.8 Å². The highest BCUT2D eigenvalue weighted by atomic mass is 32.2. The Morgan fingerprint density at radius 2 is 1.85 bits per heavy atom. The fourth-order valence-electron chi connectivity index (χ4n) is 2.69. The van der Waals surface area contributed by atoms with E-state index in [1.807, 2.05) is 25.3 Å². The van der Waals surface area contributed by atoms with Crippen LogP contribution in [-0.2, 0) is 16.4 Å². The maximum absolute atomic E-state index is 11.9. The van der Waals surface area contributed by atoms with Gasteiger partial charge >= 0.3 is 0 Å². The van der Waals surface area contributed by atoms with Gasteiger partial charge < -0.3 is 10.3 Å². The van der Waals surface area contributed by atoms with Crippen molar-refractivity contribution in [2.24, 2.45) is 0 Å². The number of H-pyrrole nitrogens is 1. The first-order valence-corrected chi connectivity index (χ1v) is 10.4. The summed E-state index contributed by atoms with van der Waals surface area (Å²) in [4.78, 5) is 3.26. The molecule has 0 amide bonds. The first-order chi connectivity index (χ1) is 12.6. The molecule has 8 heteroatoms. The van der Waals surface area contributed by atoms with Crippen molar-refractivity contribution in [3.63, 3.8) is 0 Å². The Bertz CT molecular complexity index is 951. The first-order valence-electron chi connectivity index (χ1n) is 8.70. The number of hydrogen-bond donors (Lipinski definition) is 3. The quantitative estimate of drug-likeness (QED) is 0.535. The van der Waals surface area contributed by atoms with Gasteiger partial charge in [0.05, 0.1) is 5.75 Å². The number of para-hydroxylation sites is 1. The average Bonchev–Trinajstić information content (AvgIpc) is 3.05. The van der Waals surface area contributed by atoms with Crippen molar-refractivity contribution in [3.8, 4) is 0 Å². The second-order valence-electron chi connectivity index (χ2n) is 6.11. The number of hydrogen-bond acceptors (Lipinski definition) is 5. The summed E-state index contributed by atoms with van der Waals surface area (Å²) in [6.45, 7) is 2.66. The maximum atomic E-state index is 11.9. The Labute approximate surface area is 153 Å². The van der Waals surface area contributed by atoms with Crippen molar-refractivity contribution in [1.82, 2.24) is 15.2 Å². The van der Waals surface area contributed by atoms with Gasteiger partial charge in [0.1, 0.15) is 5.82 Å². The zero-order valence-electron chi connectivity index (χ0n) is 14.7. The van der Waals surface area contributed by atoms with Crippen LogP contribution in [0, 0.1) is 0 Å². The van der Waals surface area contributed by atoms with Gasteiger partial charge in [-0.15, -0.1) is 10.2 Å². The molecule has 3 aromatic rings. The summed E-state index contributed by atoms with van der Waals surface area (Å²) in [5.74, 6) is 0.945. The van der Waals surface area contributed by atoms with Crippen LogP contribution in [0.3, 0.4) is 0 Å². The molecule has 0 atom stereocenters. The highest BCUT2D eigenvalue weighted by molar-refractivity contribution is 7.92. The lowest BCUT2D eigenvalue weighted by Gasteiger charge is -2.08. The van der Waals surface area contributed by atoms with Crippen molar-refractivity contribution in [1.29, 1.82) is 0 Å². The van der Waals surface area contributed by atoms with E-state index in [4.69, 9.17) is 0 Å². The molecule has 0 spiro atoms. The molecule has 0 fully saturated rings. The Morgan fingerprint density at radius 1 is 1.08 bits per heavy atom. The largest absolute Gasteiger partial charge is 0.368 e. The number of sulfonamides is 1. The summed E-state index contributed by atoms with van der Waals surface area (Å²) < 4.78 is 26.2. The van der Waals surface area contributed by atoms with Crippen molar-refractivity contribution < 1.29 is 8.42 Å². The fraction of sp³-hybridized carbons (Fsp3) is 0.333. The normalized spacial score (nSPS) is 11.6. The molecule has 2 heterocycles. The second kappa shape index (κ2) is 8.18. The van der Waals surface area contributed by atoms with Crippen LogP contribution in [0.1, 0.15) is 25.3 Å². The Balaban J connectivity index is 1.53. The fourth-order valence-corrected chi connectivity index (χ4v) is 3.89. The third kappa shape index (κ3) is 4.72. The molecule has 2 aromatic heterocycles. The van der Waals surface area contributed by atoms with Crippen LogP contribution >= 0.6 is 0 Å². The van der Waals surface area contributed by atoms with Gasteiger partial charge in [-0.1, -0.05) is 31.5 Å². The van der Waals surface area contributed by atoms with E-state index in [1.165, 1.54) is 10.9 Å². The lowest BCUT2D eigenvalue weighted by Crippen LogP contribution is -2.17. The molecule has 3 rings (SSSR count). The number of benzene rings is 1. The van der Waals surface area contributed by atoms with E-state index in [2.05, 4.69) is 37.4 Å². The molecule has 0 unspecified atom stereocenters. The number of aromatic amines is 1. The van der Waals surface area contributed by atoms with Crippen LogP contribution < -0.4 is 10.0 Å². The van der Waals surface area contributed by atoms with Crippen LogP contribution in [0.4, 0.5) is 11.6 Å². The van der Waals surface area contributed by atoms with E-state index in [-0.39, 0.29) is 11.6 Å². The molecule has 3 N–H and O–H groups in total. The molecular weight excluding hydrogens is 350 g/mol. The Kier molecular flexibility index (Phi) is 5.72. The summed E-state index contributed by atoms with van der Waals surface area (Å²) in [5.41, 5.74) is 2.36. The van der Waals surface area contributed by atoms with Crippen LogP contribution in [0.5, 0.6) is 0 Å². The van der Waals surface area contributed by atoms with Gasteiger partial charge in [0.25, 0.3) is 0 Å². The molecule has 26 heavy (non-hydrogen) atoms. The number of aromatic nitrogens is 3. The predicted octanol–water partition coefficient (Wildman–Crippen LogP) is 3.15. The number of nitrogens with one attached hydrogen (secondary N) is 3. The van der Waals surface area contributed by atoms with E-state index in [0.29, 0.717) is 18.8 Å². The smallest absolute Gasteiger partial charge is 0.233 e. The maximum Gasteiger partial charge on any atom is 0.233 e. The van der Waals surface area contributed by atoms with Crippen molar-refractivity contribution in [2.45, 2.75) is 26.2 Å². The van der Waals surface area contributed by atoms with Gasteiger partial charge in [-0.3, -0.25) is 4.72 Å². The van der Waals surface area contributed by atoms with E-state index in [0.717, 1.165) is 18.4 Å². The molecule has 0 radical (unpaired) electrons. The molecule has 7 nitrogen and oxygen atoms in total. The van der Waals surface area contributed by atoms with Gasteiger partial charge in [-0.25, -0.2) is 8.42 Å². The van der Waals surface area contributed by atoms with Crippen LogP contribution in [0.2, 0.25) is 0 Å². The number of nitrogens with zero attached hydrogens (tertiary/aromatic N) is 2. The Morgan fingerprint density at radius 3 is 2.62 bits per heavy atom. The second-order valence-corrected chi connectivity index (χ2v) is 7.96. The summed E-state index contributed by atoms with van der Waals surface area (Å²) >= 11 is 0. The zero-order chi connectivity index (χ0) is 18.4. The van der Waals surface area contributed by atoms with Crippen molar-refractivity contribution in [2.75, 3.05) is 22.3 Å².